The van der Waals surface area contributed by atoms with E-state index in [-0.39, 0.29) is 17.9 Å². The molecule has 0 saturated carbocycles. The molecule has 27 heavy (non-hydrogen) atoms. The summed E-state index contributed by atoms with van der Waals surface area (Å²) in [6.45, 7) is 7.36. The topological polar surface area (TPSA) is 73.9 Å². The molecule has 2 heterocycles. The van der Waals surface area contributed by atoms with Gasteiger partial charge in [0.05, 0.1) is 19.8 Å². The molecule has 2 aliphatic heterocycles. The number of rotatable bonds is 6. The molecule has 0 radical (unpaired) electrons. The number of amides is 2. The van der Waals surface area contributed by atoms with Gasteiger partial charge in [0.1, 0.15) is 0 Å². The number of para-hydroxylation sites is 1. The molecular formula is C20H30N4O3. The van der Waals surface area contributed by atoms with Crippen molar-refractivity contribution < 1.29 is 14.3 Å². The molecule has 1 aromatic rings. The maximum Gasteiger partial charge on any atom is 0.238 e. The minimum Gasteiger partial charge on any atom is -0.378 e. The number of hydrogen-bond acceptors (Lipinski definition) is 5. The summed E-state index contributed by atoms with van der Waals surface area (Å²) in [5.74, 6) is 0.165. The highest BCUT2D eigenvalue weighted by Crippen LogP contribution is 2.15. The van der Waals surface area contributed by atoms with E-state index < -0.39 is 0 Å². The van der Waals surface area contributed by atoms with Crippen molar-refractivity contribution in [2.24, 2.45) is 0 Å². The van der Waals surface area contributed by atoms with Gasteiger partial charge in [0, 0.05) is 50.9 Å². The van der Waals surface area contributed by atoms with E-state index in [0.717, 1.165) is 37.3 Å². The molecule has 2 N–H and O–H groups in total. The van der Waals surface area contributed by atoms with Crippen molar-refractivity contribution in [3.8, 4) is 0 Å². The van der Waals surface area contributed by atoms with Crippen molar-refractivity contribution in [1.82, 2.24) is 15.1 Å². The number of aryl methyl sites for hydroxylation is 1. The van der Waals surface area contributed by atoms with Crippen LogP contribution >= 0.6 is 0 Å². The molecule has 7 nitrogen and oxygen atoms in total. The second-order valence-electron chi connectivity index (χ2n) is 7.15. The molecule has 1 aromatic carbocycles. The Morgan fingerprint density at radius 2 is 2.00 bits per heavy atom. The van der Waals surface area contributed by atoms with Gasteiger partial charge in [-0.1, -0.05) is 25.1 Å². The number of nitrogens with zero attached hydrogens (tertiary/aromatic N) is 2. The Balaban J connectivity index is 1.41. The zero-order valence-corrected chi connectivity index (χ0v) is 16.1. The maximum absolute atomic E-state index is 12.4. The Hall–Kier alpha value is -1.96. The molecule has 148 valence electrons. The largest absolute Gasteiger partial charge is 0.378 e. The molecule has 1 atom stereocenters. The molecule has 0 aromatic heterocycles. The number of piperazine rings is 1. The van der Waals surface area contributed by atoms with Crippen LogP contribution in [0.2, 0.25) is 0 Å². The van der Waals surface area contributed by atoms with Crippen LogP contribution in [0.5, 0.6) is 0 Å². The van der Waals surface area contributed by atoms with Gasteiger partial charge >= 0.3 is 0 Å². The summed E-state index contributed by atoms with van der Waals surface area (Å²) in [5.41, 5.74) is 2.03. The van der Waals surface area contributed by atoms with Crippen molar-refractivity contribution in [3.63, 3.8) is 0 Å². The van der Waals surface area contributed by atoms with Crippen LogP contribution in [0.4, 0.5) is 5.69 Å². The third-order valence-electron chi connectivity index (χ3n) is 5.18. The minimum absolute atomic E-state index is 0.000712. The highest BCUT2D eigenvalue weighted by molar-refractivity contribution is 5.93. The van der Waals surface area contributed by atoms with Crippen molar-refractivity contribution in [2.75, 3.05) is 57.8 Å². The molecule has 3 rings (SSSR count). The van der Waals surface area contributed by atoms with Gasteiger partial charge in [0.25, 0.3) is 0 Å². The highest BCUT2D eigenvalue weighted by atomic mass is 16.5. The molecule has 7 heteroatoms. The van der Waals surface area contributed by atoms with Crippen LogP contribution in [0.25, 0.3) is 0 Å². The van der Waals surface area contributed by atoms with Crippen LogP contribution in [0.1, 0.15) is 18.9 Å². The zero-order chi connectivity index (χ0) is 19.1. The van der Waals surface area contributed by atoms with Gasteiger partial charge in [-0.25, -0.2) is 0 Å². The van der Waals surface area contributed by atoms with Crippen molar-refractivity contribution in [2.45, 2.75) is 25.8 Å². The van der Waals surface area contributed by atoms with Crippen LogP contribution in [-0.4, -0.2) is 80.1 Å². The molecule has 0 spiro atoms. The minimum atomic E-state index is -0.000712. The average Bonchev–Trinajstić information content (AvgIpc) is 2.69. The number of anilines is 1. The first-order valence-electron chi connectivity index (χ1n) is 9.84. The lowest BCUT2D eigenvalue weighted by atomic mass is 10.1. The van der Waals surface area contributed by atoms with Crippen LogP contribution < -0.4 is 10.6 Å². The van der Waals surface area contributed by atoms with E-state index in [1.54, 1.807) is 0 Å². The SMILES string of the molecule is CCc1ccccc1NC(=O)CN1CCN(C(=O)CC2COCCN2)CC1. The van der Waals surface area contributed by atoms with Gasteiger partial charge in [-0.2, -0.15) is 0 Å². The normalized spacial score (nSPS) is 21.1. The van der Waals surface area contributed by atoms with Crippen LogP contribution in [0, 0.1) is 0 Å². The lowest BCUT2D eigenvalue weighted by Crippen LogP contribution is -2.52. The summed E-state index contributed by atoms with van der Waals surface area (Å²) in [7, 11) is 0. The first-order chi connectivity index (χ1) is 13.2. The standard InChI is InChI=1S/C20H30N4O3/c1-2-16-5-3-4-6-18(16)22-19(25)14-23-8-10-24(11-9-23)20(26)13-17-15-27-12-7-21-17/h3-6,17,21H,2,7-15H2,1H3,(H,22,25). The Labute approximate surface area is 161 Å². The lowest BCUT2D eigenvalue weighted by molar-refractivity contribution is -0.134. The van der Waals surface area contributed by atoms with Gasteiger partial charge in [-0.3, -0.25) is 14.5 Å². The predicted octanol–water partition coefficient (Wildman–Crippen LogP) is 0.710. The summed E-state index contributed by atoms with van der Waals surface area (Å²) in [5, 5.41) is 6.33. The molecule has 2 saturated heterocycles. The summed E-state index contributed by atoms with van der Waals surface area (Å²) < 4.78 is 5.41. The third kappa shape index (κ3) is 5.76. The van der Waals surface area contributed by atoms with Crippen LogP contribution in [0.3, 0.4) is 0 Å². The summed E-state index contributed by atoms with van der Waals surface area (Å²) in [6.07, 6.45) is 1.37. The van der Waals surface area contributed by atoms with E-state index >= 15 is 0 Å². The van der Waals surface area contributed by atoms with Gasteiger partial charge in [-0.15, -0.1) is 0 Å². The number of benzene rings is 1. The van der Waals surface area contributed by atoms with E-state index in [2.05, 4.69) is 22.5 Å². The first-order valence-corrected chi connectivity index (χ1v) is 9.84. The van der Waals surface area contributed by atoms with Crippen molar-refractivity contribution in [1.29, 1.82) is 0 Å². The Morgan fingerprint density at radius 1 is 1.22 bits per heavy atom. The summed E-state index contributed by atoms with van der Waals surface area (Å²) in [4.78, 5) is 28.8. The monoisotopic (exact) mass is 374 g/mol. The number of nitrogens with one attached hydrogen (secondary N) is 2. The quantitative estimate of drug-likeness (QED) is 0.767. The van der Waals surface area contributed by atoms with Gasteiger partial charge in [0.15, 0.2) is 0 Å². The Kier molecular flexibility index (Phi) is 7.20. The fourth-order valence-corrected chi connectivity index (χ4v) is 3.59. The van der Waals surface area contributed by atoms with E-state index in [0.29, 0.717) is 39.3 Å². The molecule has 2 aliphatic rings. The number of carbonyl (C=O) groups excluding carboxylic acids is 2. The zero-order valence-electron chi connectivity index (χ0n) is 16.1. The second-order valence-corrected chi connectivity index (χ2v) is 7.15. The van der Waals surface area contributed by atoms with Gasteiger partial charge in [-0.05, 0) is 18.1 Å². The van der Waals surface area contributed by atoms with E-state index in [9.17, 15) is 9.59 Å². The maximum atomic E-state index is 12.4. The predicted molar refractivity (Wildman–Crippen MR) is 105 cm³/mol. The summed E-state index contributed by atoms with van der Waals surface area (Å²) in [6, 6.07) is 8.02. The highest BCUT2D eigenvalue weighted by Gasteiger charge is 2.25. The molecular weight excluding hydrogens is 344 g/mol. The first kappa shape index (κ1) is 19.8. The number of carbonyl (C=O) groups is 2. The molecule has 1 unspecified atom stereocenters. The smallest absolute Gasteiger partial charge is 0.238 e. The molecule has 0 bridgehead atoms. The van der Waals surface area contributed by atoms with Gasteiger partial charge < -0.3 is 20.3 Å². The van der Waals surface area contributed by atoms with Gasteiger partial charge in [0.2, 0.25) is 11.8 Å². The third-order valence-corrected chi connectivity index (χ3v) is 5.18. The van der Waals surface area contributed by atoms with E-state index in [1.165, 1.54) is 0 Å². The fraction of sp³-hybridized carbons (Fsp3) is 0.600. The number of hydrogen-bond donors (Lipinski definition) is 2. The van der Waals surface area contributed by atoms with E-state index in [4.69, 9.17) is 4.74 Å². The fourth-order valence-electron chi connectivity index (χ4n) is 3.59. The average molecular weight is 374 g/mol. The second kappa shape index (κ2) is 9.82. The summed E-state index contributed by atoms with van der Waals surface area (Å²) >= 11 is 0. The van der Waals surface area contributed by atoms with Crippen molar-refractivity contribution >= 4 is 17.5 Å². The Bertz CT molecular complexity index is 638. The molecule has 2 amide bonds. The lowest BCUT2D eigenvalue weighted by Gasteiger charge is -2.35. The number of morpholine rings is 1. The van der Waals surface area contributed by atoms with E-state index in [1.807, 2.05) is 29.2 Å². The van der Waals surface area contributed by atoms with Crippen LogP contribution in [-0.2, 0) is 20.7 Å². The molecule has 2 fully saturated rings. The Morgan fingerprint density at radius 3 is 2.70 bits per heavy atom. The van der Waals surface area contributed by atoms with Crippen molar-refractivity contribution in [3.05, 3.63) is 29.8 Å². The number of ether oxygens (including phenoxy) is 1. The molecule has 0 aliphatic carbocycles. The van der Waals surface area contributed by atoms with Crippen LogP contribution in [0.15, 0.2) is 24.3 Å².